The minimum Gasteiger partial charge on any atom is -0.496 e. The van der Waals surface area contributed by atoms with Crippen molar-refractivity contribution in [3.63, 3.8) is 0 Å². The van der Waals surface area contributed by atoms with Gasteiger partial charge in [-0.1, -0.05) is 6.07 Å². The Kier molecular flexibility index (Phi) is 4.68. The van der Waals surface area contributed by atoms with Gasteiger partial charge in [0.05, 0.1) is 26.2 Å². The molecule has 2 rings (SSSR count). The Balaban J connectivity index is 2.21. The number of fused-ring (bicyclic) bond motifs is 1. The first kappa shape index (κ1) is 15.9. The van der Waals surface area contributed by atoms with Crippen molar-refractivity contribution < 1.29 is 14.3 Å². The van der Waals surface area contributed by atoms with Crippen molar-refractivity contribution in [3.05, 3.63) is 30.0 Å². The highest BCUT2D eigenvalue weighted by Crippen LogP contribution is 2.28. The zero-order valence-corrected chi connectivity index (χ0v) is 12.9. The van der Waals surface area contributed by atoms with Crippen LogP contribution in [0.2, 0.25) is 0 Å². The monoisotopic (exact) mass is 301 g/mol. The lowest BCUT2D eigenvalue weighted by atomic mass is 10.0. The average molecular weight is 301 g/mol. The van der Waals surface area contributed by atoms with Gasteiger partial charge in [0.2, 0.25) is 5.91 Å². The average Bonchev–Trinajstić information content (AvgIpc) is 2.90. The Morgan fingerprint density at radius 3 is 2.86 bits per heavy atom. The van der Waals surface area contributed by atoms with Crippen molar-refractivity contribution in [2.24, 2.45) is 0 Å². The number of aromatic amines is 1. The number of nitrogens with zero attached hydrogens (tertiary/aromatic N) is 1. The van der Waals surface area contributed by atoms with E-state index in [-0.39, 0.29) is 18.9 Å². The fourth-order valence-corrected chi connectivity index (χ4v) is 2.44. The van der Waals surface area contributed by atoms with Crippen LogP contribution in [0.15, 0.2) is 24.4 Å². The number of nitrogens with one attached hydrogen (secondary N) is 2. The van der Waals surface area contributed by atoms with Crippen LogP contribution in [0.3, 0.4) is 0 Å². The van der Waals surface area contributed by atoms with Crippen LogP contribution in [0.25, 0.3) is 10.9 Å². The first-order valence-corrected chi connectivity index (χ1v) is 6.87. The summed E-state index contributed by atoms with van der Waals surface area (Å²) in [5, 5.41) is 12.8. The second-order valence-corrected chi connectivity index (χ2v) is 5.30. The molecule has 116 valence electrons. The standard InChI is InChI=1S/C16H19N3O3/c1-16(9-17,10-21-2)19-14(20)7-11-8-18-12-5-4-6-13(22-3)15(11)12/h4-6,8,18H,7,10H2,1-3H3,(H,19,20)/t16-/m0/s1. The normalized spacial score (nSPS) is 13.4. The minimum atomic E-state index is -1.04. The Morgan fingerprint density at radius 2 is 2.23 bits per heavy atom. The van der Waals surface area contributed by atoms with Crippen LogP contribution in [-0.4, -0.2) is 37.3 Å². The van der Waals surface area contributed by atoms with Crippen LogP contribution in [0.4, 0.5) is 0 Å². The molecule has 2 aromatic rings. The molecular formula is C16H19N3O3. The molecule has 0 saturated heterocycles. The maximum absolute atomic E-state index is 12.2. The van der Waals surface area contributed by atoms with E-state index in [1.54, 1.807) is 20.2 Å². The van der Waals surface area contributed by atoms with Crippen LogP contribution in [0, 0.1) is 11.3 Å². The molecular weight excluding hydrogens is 282 g/mol. The largest absolute Gasteiger partial charge is 0.496 e. The van der Waals surface area contributed by atoms with Gasteiger partial charge in [0.1, 0.15) is 11.3 Å². The molecule has 0 unspecified atom stereocenters. The highest BCUT2D eigenvalue weighted by atomic mass is 16.5. The van der Waals surface area contributed by atoms with Gasteiger partial charge < -0.3 is 19.8 Å². The summed E-state index contributed by atoms with van der Waals surface area (Å²) < 4.78 is 10.3. The predicted octanol–water partition coefficient (Wildman–Crippen LogP) is 1.76. The Labute approximate surface area is 129 Å². The molecule has 1 atom stereocenters. The highest BCUT2D eigenvalue weighted by Gasteiger charge is 2.26. The van der Waals surface area contributed by atoms with E-state index in [0.29, 0.717) is 5.75 Å². The van der Waals surface area contributed by atoms with Gasteiger partial charge in [-0.05, 0) is 24.6 Å². The van der Waals surface area contributed by atoms with Crippen LogP contribution in [0.5, 0.6) is 5.75 Å². The van der Waals surface area contributed by atoms with Crippen molar-refractivity contribution in [2.45, 2.75) is 18.9 Å². The second-order valence-electron chi connectivity index (χ2n) is 5.30. The van der Waals surface area contributed by atoms with E-state index in [0.717, 1.165) is 16.5 Å². The fourth-order valence-electron chi connectivity index (χ4n) is 2.44. The molecule has 6 heteroatoms. The van der Waals surface area contributed by atoms with Gasteiger partial charge in [-0.3, -0.25) is 4.79 Å². The molecule has 0 aliphatic rings. The lowest BCUT2D eigenvalue weighted by Gasteiger charge is -2.22. The molecule has 2 N–H and O–H groups in total. The van der Waals surface area contributed by atoms with Crippen molar-refractivity contribution >= 4 is 16.8 Å². The van der Waals surface area contributed by atoms with E-state index in [9.17, 15) is 10.1 Å². The Hall–Kier alpha value is -2.52. The van der Waals surface area contributed by atoms with Crippen LogP contribution >= 0.6 is 0 Å². The van der Waals surface area contributed by atoms with Gasteiger partial charge in [-0.2, -0.15) is 5.26 Å². The van der Waals surface area contributed by atoms with Gasteiger partial charge in [0, 0.05) is 24.2 Å². The van der Waals surface area contributed by atoms with Gasteiger partial charge >= 0.3 is 0 Å². The molecule has 1 amide bonds. The summed E-state index contributed by atoms with van der Waals surface area (Å²) in [6, 6.07) is 7.71. The number of nitriles is 1. The van der Waals surface area contributed by atoms with Crippen LogP contribution in [-0.2, 0) is 16.0 Å². The second kappa shape index (κ2) is 6.50. The molecule has 0 spiro atoms. The number of methoxy groups -OCH3 is 2. The molecule has 0 aliphatic carbocycles. The van der Waals surface area contributed by atoms with E-state index >= 15 is 0 Å². The summed E-state index contributed by atoms with van der Waals surface area (Å²) in [6.07, 6.45) is 1.94. The summed E-state index contributed by atoms with van der Waals surface area (Å²) in [5.41, 5.74) is 0.687. The molecule has 0 fully saturated rings. The van der Waals surface area contributed by atoms with Crippen molar-refractivity contribution in [2.75, 3.05) is 20.8 Å². The number of carbonyl (C=O) groups excluding carboxylic acids is 1. The molecule has 0 bridgehead atoms. The SMILES string of the molecule is COC[C@](C)(C#N)NC(=O)Cc1c[nH]c2cccc(OC)c12. The zero-order chi connectivity index (χ0) is 16.2. The van der Waals surface area contributed by atoms with Gasteiger partial charge in [0.15, 0.2) is 0 Å². The zero-order valence-electron chi connectivity index (χ0n) is 12.9. The van der Waals surface area contributed by atoms with Gasteiger partial charge in [-0.15, -0.1) is 0 Å². The number of amides is 1. The molecule has 0 aliphatic heterocycles. The first-order chi connectivity index (χ1) is 10.5. The maximum Gasteiger partial charge on any atom is 0.225 e. The summed E-state index contributed by atoms with van der Waals surface area (Å²) in [7, 11) is 3.09. The molecule has 0 radical (unpaired) electrons. The molecule has 1 aromatic heterocycles. The minimum absolute atomic E-state index is 0.131. The van der Waals surface area contributed by atoms with E-state index in [4.69, 9.17) is 9.47 Å². The van der Waals surface area contributed by atoms with E-state index in [1.807, 2.05) is 18.2 Å². The number of aromatic nitrogens is 1. The van der Waals surface area contributed by atoms with E-state index in [2.05, 4.69) is 16.4 Å². The van der Waals surface area contributed by atoms with Gasteiger partial charge in [-0.25, -0.2) is 0 Å². The summed E-state index contributed by atoms with van der Waals surface area (Å²) in [6.45, 7) is 1.76. The van der Waals surface area contributed by atoms with Crippen molar-refractivity contribution in [1.29, 1.82) is 5.26 Å². The summed E-state index contributed by atoms with van der Waals surface area (Å²) in [4.78, 5) is 15.4. The van der Waals surface area contributed by atoms with E-state index < -0.39 is 5.54 Å². The number of benzene rings is 1. The first-order valence-electron chi connectivity index (χ1n) is 6.87. The van der Waals surface area contributed by atoms with Gasteiger partial charge in [0.25, 0.3) is 0 Å². The maximum atomic E-state index is 12.2. The third kappa shape index (κ3) is 3.21. The number of H-pyrrole nitrogens is 1. The van der Waals surface area contributed by atoms with Crippen molar-refractivity contribution in [3.8, 4) is 11.8 Å². The van der Waals surface area contributed by atoms with Crippen LogP contribution < -0.4 is 10.1 Å². The molecule has 1 aromatic carbocycles. The fraction of sp³-hybridized carbons (Fsp3) is 0.375. The number of ether oxygens (including phenoxy) is 2. The van der Waals surface area contributed by atoms with E-state index in [1.165, 1.54) is 7.11 Å². The number of hydrogen-bond donors (Lipinski definition) is 2. The highest BCUT2D eigenvalue weighted by molar-refractivity contribution is 5.93. The third-order valence-corrected chi connectivity index (χ3v) is 3.42. The van der Waals surface area contributed by atoms with Crippen LogP contribution in [0.1, 0.15) is 12.5 Å². The number of rotatable bonds is 6. The third-order valence-electron chi connectivity index (χ3n) is 3.42. The smallest absolute Gasteiger partial charge is 0.225 e. The summed E-state index contributed by atoms with van der Waals surface area (Å²) >= 11 is 0. The number of hydrogen-bond acceptors (Lipinski definition) is 4. The molecule has 1 heterocycles. The predicted molar refractivity (Wildman–Crippen MR) is 82.6 cm³/mol. The number of carbonyl (C=O) groups is 1. The lowest BCUT2D eigenvalue weighted by Crippen LogP contribution is -2.48. The van der Waals surface area contributed by atoms with Crippen molar-refractivity contribution in [1.82, 2.24) is 10.3 Å². The Morgan fingerprint density at radius 1 is 1.45 bits per heavy atom. The molecule has 22 heavy (non-hydrogen) atoms. The lowest BCUT2D eigenvalue weighted by molar-refractivity contribution is -0.122. The molecule has 0 saturated carbocycles. The quantitative estimate of drug-likeness (QED) is 0.851. The molecule has 6 nitrogen and oxygen atoms in total. The topological polar surface area (TPSA) is 87.1 Å². The summed E-state index contributed by atoms with van der Waals surface area (Å²) in [5.74, 6) is 0.467. The Bertz CT molecular complexity index is 717.